The second kappa shape index (κ2) is 6.20. The fourth-order valence-corrected chi connectivity index (χ4v) is 2.98. The van der Waals surface area contributed by atoms with E-state index >= 15 is 0 Å². The van der Waals surface area contributed by atoms with Crippen molar-refractivity contribution in [2.24, 2.45) is 11.7 Å². The maximum Gasteiger partial charge on any atom is 0.219 e. The first kappa shape index (κ1) is 15.4. The number of rotatable bonds is 2. The summed E-state index contributed by atoms with van der Waals surface area (Å²) in [4.78, 5) is 13.1. The van der Waals surface area contributed by atoms with Crippen LogP contribution in [-0.2, 0) is 4.79 Å². The van der Waals surface area contributed by atoms with Gasteiger partial charge in [0.25, 0.3) is 0 Å². The van der Waals surface area contributed by atoms with Crippen LogP contribution < -0.4 is 5.73 Å². The molecule has 0 aliphatic carbocycles. The van der Waals surface area contributed by atoms with Gasteiger partial charge in [0.15, 0.2) is 0 Å². The van der Waals surface area contributed by atoms with Crippen molar-refractivity contribution in [1.29, 1.82) is 0 Å². The highest BCUT2D eigenvalue weighted by atomic mass is 35.5. The van der Waals surface area contributed by atoms with Crippen LogP contribution in [0.3, 0.4) is 0 Å². The maximum absolute atomic E-state index is 11.3. The minimum Gasteiger partial charge on any atom is -0.508 e. The number of carbonyl (C=O) groups excluding carboxylic acids is 1. The lowest BCUT2D eigenvalue weighted by Crippen LogP contribution is -2.39. The van der Waals surface area contributed by atoms with Crippen LogP contribution in [0.25, 0.3) is 0 Å². The van der Waals surface area contributed by atoms with E-state index in [1.165, 1.54) is 6.07 Å². The largest absolute Gasteiger partial charge is 0.508 e. The first-order valence-corrected chi connectivity index (χ1v) is 7.34. The number of nitrogens with two attached hydrogens (primary N) is 1. The van der Waals surface area contributed by atoms with Crippen LogP contribution >= 0.6 is 23.2 Å². The average Bonchev–Trinajstić information content (AvgIpc) is 2.42. The van der Waals surface area contributed by atoms with Gasteiger partial charge >= 0.3 is 0 Å². The molecule has 1 fully saturated rings. The Hall–Kier alpha value is -0.970. The Balaban J connectivity index is 2.11. The Morgan fingerprint density at radius 3 is 2.45 bits per heavy atom. The number of aromatic hydroxyl groups is 1. The lowest BCUT2D eigenvalue weighted by atomic mass is 9.85. The summed E-state index contributed by atoms with van der Waals surface area (Å²) in [7, 11) is 0. The summed E-state index contributed by atoms with van der Waals surface area (Å²) >= 11 is 11.8. The van der Waals surface area contributed by atoms with E-state index in [0.29, 0.717) is 28.7 Å². The van der Waals surface area contributed by atoms with Gasteiger partial charge in [-0.05, 0) is 24.8 Å². The van der Waals surface area contributed by atoms with E-state index < -0.39 is 0 Å². The second-order valence-corrected chi connectivity index (χ2v) is 6.01. The van der Waals surface area contributed by atoms with Gasteiger partial charge in [-0.3, -0.25) is 4.79 Å². The number of likely N-dealkylation sites (tertiary alicyclic amines) is 1. The number of hydrogen-bond donors (Lipinski definition) is 2. The molecule has 6 heteroatoms. The van der Waals surface area contributed by atoms with Crippen LogP contribution in [0, 0.1) is 5.92 Å². The minimum absolute atomic E-state index is 0.0703. The number of piperidine rings is 1. The van der Waals surface area contributed by atoms with Crippen molar-refractivity contribution >= 4 is 29.1 Å². The van der Waals surface area contributed by atoms with Gasteiger partial charge in [0.2, 0.25) is 5.91 Å². The van der Waals surface area contributed by atoms with Gasteiger partial charge in [-0.25, -0.2) is 0 Å². The van der Waals surface area contributed by atoms with E-state index in [0.717, 1.165) is 12.8 Å². The van der Waals surface area contributed by atoms with Crippen LogP contribution in [0.2, 0.25) is 10.0 Å². The zero-order valence-electron chi connectivity index (χ0n) is 11.3. The molecule has 1 aromatic carbocycles. The number of phenols is 1. The number of amides is 1. The molecule has 110 valence electrons. The normalized spacial score (nSPS) is 18.1. The summed E-state index contributed by atoms with van der Waals surface area (Å²) in [6.45, 7) is 2.98. The van der Waals surface area contributed by atoms with E-state index in [2.05, 4.69) is 0 Å². The molecule has 0 saturated carbocycles. The van der Waals surface area contributed by atoms with Gasteiger partial charge in [-0.15, -0.1) is 0 Å². The van der Waals surface area contributed by atoms with Crippen LogP contribution in [0.5, 0.6) is 5.75 Å². The predicted octanol–water partition coefficient (Wildman–Crippen LogP) is 2.96. The first-order valence-electron chi connectivity index (χ1n) is 6.59. The standard InChI is InChI=1S/C14H18Cl2N2O2/c1-8(19)18-4-2-9(3-5-18)14(17)10-6-11(15)12(16)7-13(10)20/h6-7,9,14,20H,2-5,17H2,1H3. The molecule has 20 heavy (non-hydrogen) atoms. The molecular weight excluding hydrogens is 299 g/mol. The number of carbonyl (C=O) groups is 1. The molecule has 2 rings (SSSR count). The average molecular weight is 317 g/mol. The maximum atomic E-state index is 11.3. The molecule has 1 aromatic rings. The monoisotopic (exact) mass is 316 g/mol. The topological polar surface area (TPSA) is 66.6 Å². The Labute approximate surface area is 128 Å². The van der Waals surface area contributed by atoms with Gasteiger partial charge < -0.3 is 15.7 Å². The van der Waals surface area contributed by atoms with Crippen molar-refractivity contribution in [1.82, 2.24) is 4.90 Å². The number of halogens is 2. The SMILES string of the molecule is CC(=O)N1CCC(C(N)c2cc(Cl)c(Cl)cc2O)CC1. The third-order valence-corrected chi connectivity index (χ3v) is 4.64. The first-order chi connectivity index (χ1) is 9.40. The fourth-order valence-electron chi connectivity index (χ4n) is 2.65. The Morgan fingerprint density at radius 2 is 1.90 bits per heavy atom. The van der Waals surface area contributed by atoms with Gasteiger partial charge in [0, 0.05) is 37.7 Å². The molecule has 1 atom stereocenters. The molecule has 3 N–H and O–H groups in total. The Bertz CT molecular complexity index is 514. The predicted molar refractivity (Wildman–Crippen MR) is 80.0 cm³/mol. The molecule has 1 amide bonds. The molecule has 0 spiro atoms. The molecule has 4 nitrogen and oxygen atoms in total. The summed E-state index contributed by atoms with van der Waals surface area (Å²) in [5.74, 6) is 0.379. The zero-order valence-corrected chi connectivity index (χ0v) is 12.8. The molecule has 1 heterocycles. The minimum atomic E-state index is -0.307. The smallest absolute Gasteiger partial charge is 0.219 e. The molecule has 1 aliphatic heterocycles. The van der Waals surface area contributed by atoms with Crippen molar-refractivity contribution in [3.63, 3.8) is 0 Å². The van der Waals surface area contributed by atoms with Crippen LogP contribution in [0.4, 0.5) is 0 Å². The van der Waals surface area contributed by atoms with E-state index in [1.807, 2.05) is 4.90 Å². The number of benzene rings is 1. The van der Waals surface area contributed by atoms with Crippen molar-refractivity contribution < 1.29 is 9.90 Å². The Kier molecular flexibility index (Phi) is 4.78. The molecule has 0 aromatic heterocycles. The van der Waals surface area contributed by atoms with Gasteiger partial charge in [0.05, 0.1) is 10.0 Å². The lowest BCUT2D eigenvalue weighted by Gasteiger charge is -2.34. The number of hydrogen-bond acceptors (Lipinski definition) is 3. The third kappa shape index (κ3) is 3.19. The molecular formula is C14H18Cl2N2O2. The van der Waals surface area contributed by atoms with Crippen molar-refractivity contribution in [2.75, 3.05) is 13.1 Å². The van der Waals surface area contributed by atoms with Gasteiger partial charge in [-0.1, -0.05) is 23.2 Å². The highest BCUT2D eigenvalue weighted by molar-refractivity contribution is 6.42. The number of phenolic OH excluding ortho intramolecular Hbond substituents is 1. The Morgan fingerprint density at radius 1 is 1.35 bits per heavy atom. The van der Waals surface area contributed by atoms with Gasteiger partial charge in [0.1, 0.15) is 5.75 Å². The summed E-state index contributed by atoms with van der Waals surface area (Å²) in [6.07, 6.45) is 1.64. The molecule has 0 bridgehead atoms. The van der Waals surface area contributed by atoms with Crippen LogP contribution in [0.1, 0.15) is 31.4 Å². The second-order valence-electron chi connectivity index (χ2n) is 5.19. The van der Waals surface area contributed by atoms with Crippen molar-refractivity contribution in [3.05, 3.63) is 27.7 Å². The third-order valence-electron chi connectivity index (χ3n) is 3.92. The van der Waals surface area contributed by atoms with Crippen LogP contribution in [0.15, 0.2) is 12.1 Å². The van der Waals surface area contributed by atoms with E-state index in [4.69, 9.17) is 28.9 Å². The molecule has 1 aliphatic rings. The van der Waals surface area contributed by atoms with Crippen LogP contribution in [-0.4, -0.2) is 29.0 Å². The number of nitrogens with zero attached hydrogens (tertiary/aromatic N) is 1. The lowest BCUT2D eigenvalue weighted by molar-refractivity contribution is -0.130. The summed E-state index contributed by atoms with van der Waals surface area (Å²) in [6, 6.07) is 2.74. The summed E-state index contributed by atoms with van der Waals surface area (Å²) in [5.41, 5.74) is 6.86. The van der Waals surface area contributed by atoms with E-state index in [9.17, 15) is 9.90 Å². The fraction of sp³-hybridized carbons (Fsp3) is 0.500. The summed E-state index contributed by atoms with van der Waals surface area (Å²) in [5, 5.41) is 10.7. The van der Waals surface area contributed by atoms with E-state index in [-0.39, 0.29) is 23.6 Å². The zero-order chi connectivity index (χ0) is 14.9. The molecule has 1 unspecified atom stereocenters. The highest BCUT2D eigenvalue weighted by Crippen LogP contribution is 2.37. The quantitative estimate of drug-likeness (QED) is 0.881. The van der Waals surface area contributed by atoms with Crippen molar-refractivity contribution in [3.8, 4) is 5.75 Å². The van der Waals surface area contributed by atoms with Gasteiger partial charge in [-0.2, -0.15) is 0 Å². The summed E-state index contributed by atoms with van der Waals surface area (Å²) < 4.78 is 0. The van der Waals surface area contributed by atoms with Crippen molar-refractivity contribution in [2.45, 2.75) is 25.8 Å². The highest BCUT2D eigenvalue weighted by Gasteiger charge is 2.28. The van der Waals surface area contributed by atoms with E-state index in [1.54, 1.807) is 13.0 Å². The molecule has 1 saturated heterocycles. The molecule has 0 radical (unpaired) electrons.